The van der Waals surface area contributed by atoms with E-state index < -0.39 is 0 Å². The summed E-state index contributed by atoms with van der Waals surface area (Å²) in [7, 11) is 2.24. The third-order valence-corrected chi connectivity index (χ3v) is 6.08. The van der Waals surface area contributed by atoms with Crippen LogP contribution in [0, 0.1) is 6.92 Å². The number of fused-ring (bicyclic) bond motifs is 3. The van der Waals surface area contributed by atoms with Crippen molar-refractivity contribution in [1.82, 2.24) is 9.47 Å². The van der Waals surface area contributed by atoms with Crippen molar-refractivity contribution in [2.24, 2.45) is 0 Å². The van der Waals surface area contributed by atoms with E-state index in [0.29, 0.717) is 0 Å². The van der Waals surface area contributed by atoms with Crippen LogP contribution in [0.3, 0.4) is 0 Å². The van der Waals surface area contributed by atoms with Gasteiger partial charge in [-0.1, -0.05) is 42.0 Å². The lowest BCUT2D eigenvalue weighted by Gasteiger charge is -2.25. The minimum absolute atomic E-state index is 1.07. The van der Waals surface area contributed by atoms with Crippen LogP contribution in [-0.4, -0.2) is 23.1 Å². The summed E-state index contributed by atoms with van der Waals surface area (Å²) in [5.74, 6) is 0. The van der Waals surface area contributed by atoms with Gasteiger partial charge in [-0.15, -0.1) is 0 Å². The van der Waals surface area contributed by atoms with E-state index in [0.717, 1.165) is 19.5 Å². The molecule has 2 heteroatoms. The summed E-state index contributed by atoms with van der Waals surface area (Å²) in [6, 6.07) is 18.0. The van der Waals surface area contributed by atoms with Gasteiger partial charge in [0.05, 0.1) is 5.52 Å². The fourth-order valence-corrected chi connectivity index (χ4v) is 4.84. The smallest absolute Gasteiger partial charge is 0.0531 e. The van der Waals surface area contributed by atoms with E-state index in [4.69, 9.17) is 0 Å². The van der Waals surface area contributed by atoms with Gasteiger partial charge in [0, 0.05) is 36.3 Å². The zero-order valence-electron chi connectivity index (χ0n) is 15.8. The number of likely N-dealkylation sites (N-methyl/N-ethyl adjacent to an activating group) is 1. The van der Waals surface area contributed by atoms with Crippen molar-refractivity contribution in [1.29, 1.82) is 0 Å². The Bertz CT molecular complexity index is 1010. The van der Waals surface area contributed by atoms with Gasteiger partial charge < -0.3 is 9.47 Å². The van der Waals surface area contributed by atoms with Gasteiger partial charge in [-0.05, 0) is 62.1 Å². The Morgan fingerprint density at radius 3 is 2.62 bits per heavy atom. The van der Waals surface area contributed by atoms with Crippen molar-refractivity contribution in [2.75, 3.05) is 13.6 Å². The summed E-state index contributed by atoms with van der Waals surface area (Å²) < 4.78 is 2.63. The van der Waals surface area contributed by atoms with Crippen molar-refractivity contribution in [3.63, 3.8) is 0 Å². The molecule has 0 atom stereocenters. The fourth-order valence-electron chi connectivity index (χ4n) is 4.84. The van der Waals surface area contributed by atoms with Crippen LogP contribution < -0.4 is 0 Å². The number of hydrogen-bond donors (Lipinski definition) is 0. The molecule has 2 aromatic carbocycles. The van der Waals surface area contributed by atoms with Crippen LogP contribution in [-0.2, 0) is 13.0 Å². The molecule has 0 radical (unpaired) electrons. The second-order valence-electron chi connectivity index (χ2n) is 7.91. The average molecular weight is 342 g/mol. The molecule has 0 spiro atoms. The summed E-state index contributed by atoms with van der Waals surface area (Å²) in [5.41, 5.74) is 10.3. The minimum atomic E-state index is 1.07. The van der Waals surface area contributed by atoms with Crippen LogP contribution in [0.1, 0.15) is 41.6 Å². The zero-order chi connectivity index (χ0) is 17.7. The molecule has 0 fully saturated rings. The third-order valence-electron chi connectivity index (χ3n) is 6.08. The largest absolute Gasteiger partial charge is 0.317 e. The highest BCUT2D eigenvalue weighted by Crippen LogP contribution is 2.42. The van der Waals surface area contributed by atoms with Gasteiger partial charge in [-0.3, -0.25) is 0 Å². The number of benzene rings is 2. The molecule has 1 aliphatic carbocycles. The Morgan fingerprint density at radius 2 is 1.77 bits per heavy atom. The van der Waals surface area contributed by atoms with Crippen molar-refractivity contribution >= 4 is 22.2 Å². The standard InChI is InChI=1S/C24H26N2/c1-17-11-12-23-20(15-17)21-16-25(2)14-13-24(21)26(23)22-10-6-9-19(22)18-7-4-3-5-8-18/h3-5,7-8,11-12,15H,6,9-10,13-14,16H2,1-2H3. The molecule has 1 aliphatic heterocycles. The van der Waals surface area contributed by atoms with Crippen molar-refractivity contribution in [3.8, 4) is 0 Å². The molecule has 0 saturated carbocycles. The lowest BCUT2D eigenvalue weighted by Crippen LogP contribution is -2.27. The van der Waals surface area contributed by atoms with Crippen molar-refractivity contribution in [3.05, 3.63) is 70.9 Å². The number of rotatable bonds is 2. The topological polar surface area (TPSA) is 8.17 Å². The van der Waals surface area contributed by atoms with E-state index in [1.165, 1.54) is 47.0 Å². The maximum absolute atomic E-state index is 2.63. The summed E-state index contributed by atoms with van der Waals surface area (Å²) >= 11 is 0. The number of nitrogens with zero attached hydrogens (tertiary/aromatic N) is 2. The van der Waals surface area contributed by atoms with Gasteiger partial charge in [-0.25, -0.2) is 0 Å². The first-order valence-corrected chi connectivity index (χ1v) is 9.81. The molecule has 0 saturated heterocycles. The van der Waals surface area contributed by atoms with Crippen molar-refractivity contribution in [2.45, 2.75) is 39.2 Å². The predicted molar refractivity (Wildman–Crippen MR) is 110 cm³/mol. The van der Waals surface area contributed by atoms with E-state index in [9.17, 15) is 0 Å². The molecule has 0 unspecified atom stereocenters. The van der Waals surface area contributed by atoms with E-state index in [-0.39, 0.29) is 0 Å². The van der Waals surface area contributed by atoms with E-state index in [1.807, 2.05) is 0 Å². The summed E-state index contributed by atoms with van der Waals surface area (Å²) in [4.78, 5) is 2.45. The quantitative estimate of drug-likeness (QED) is 0.598. The zero-order valence-corrected chi connectivity index (χ0v) is 15.8. The van der Waals surface area contributed by atoms with Crippen LogP contribution in [0.4, 0.5) is 0 Å². The Balaban J connectivity index is 1.79. The van der Waals surface area contributed by atoms with Crippen LogP contribution >= 0.6 is 0 Å². The van der Waals surface area contributed by atoms with Gasteiger partial charge in [-0.2, -0.15) is 0 Å². The number of aryl methyl sites for hydroxylation is 1. The Labute approximate surface area is 155 Å². The highest BCUT2D eigenvalue weighted by Gasteiger charge is 2.27. The molecule has 0 amide bonds. The van der Waals surface area contributed by atoms with E-state index in [1.54, 1.807) is 16.8 Å². The molecular formula is C24H26N2. The molecule has 5 rings (SSSR count). The molecule has 0 bridgehead atoms. The maximum atomic E-state index is 2.63. The SMILES string of the molecule is Cc1ccc2c(c1)c1c(n2C2=C(c3ccccc3)CCC2)CCN(C)C1. The van der Waals surface area contributed by atoms with Gasteiger partial charge in [0.15, 0.2) is 0 Å². The minimum Gasteiger partial charge on any atom is -0.317 e. The van der Waals surface area contributed by atoms with E-state index >= 15 is 0 Å². The van der Waals surface area contributed by atoms with E-state index in [2.05, 4.69) is 72.0 Å². The summed E-state index contributed by atoms with van der Waals surface area (Å²) in [6.45, 7) is 4.42. The summed E-state index contributed by atoms with van der Waals surface area (Å²) in [5, 5.41) is 1.46. The highest BCUT2D eigenvalue weighted by molar-refractivity contribution is 5.95. The molecule has 132 valence electrons. The number of hydrogen-bond acceptors (Lipinski definition) is 1. The van der Waals surface area contributed by atoms with Gasteiger partial charge in [0.1, 0.15) is 0 Å². The normalized spacial score (nSPS) is 17.9. The number of allylic oxidation sites excluding steroid dienone is 2. The monoisotopic (exact) mass is 342 g/mol. The second-order valence-corrected chi connectivity index (χ2v) is 7.91. The average Bonchev–Trinajstić information content (AvgIpc) is 3.24. The Kier molecular flexibility index (Phi) is 3.75. The van der Waals surface area contributed by atoms with Crippen LogP contribution in [0.2, 0.25) is 0 Å². The molecule has 1 aromatic heterocycles. The van der Waals surface area contributed by atoms with Gasteiger partial charge in [0.25, 0.3) is 0 Å². The van der Waals surface area contributed by atoms with Crippen molar-refractivity contribution < 1.29 is 0 Å². The second kappa shape index (κ2) is 6.14. The van der Waals surface area contributed by atoms with Crippen LogP contribution in [0.15, 0.2) is 48.5 Å². The molecule has 2 nitrogen and oxygen atoms in total. The lowest BCUT2D eigenvalue weighted by atomic mass is 10.0. The highest BCUT2D eigenvalue weighted by atomic mass is 15.1. The molecule has 2 aliphatic rings. The molecule has 2 heterocycles. The van der Waals surface area contributed by atoms with Gasteiger partial charge in [0.2, 0.25) is 0 Å². The first-order chi connectivity index (χ1) is 12.7. The summed E-state index contributed by atoms with van der Waals surface area (Å²) in [6.07, 6.45) is 4.79. The molecule has 0 N–H and O–H groups in total. The van der Waals surface area contributed by atoms with Crippen LogP contribution in [0.5, 0.6) is 0 Å². The van der Waals surface area contributed by atoms with Gasteiger partial charge >= 0.3 is 0 Å². The molecule has 26 heavy (non-hydrogen) atoms. The molecular weight excluding hydrogens is 316 g/mol. The Morgan fingerprint density at radius 1 is 0.923 bits per heavy atom. The lowest BCUT2D eigenvalue weighted by molar-refractivity contribution is 0.311. The maximum Gasteiger partial charge on any atom is 0.0531 e. The number of aromatic nitrogens is 1. The first kappa shape index (κ1) is 15.9. The van der Waals surface area contributed by atoms with Crippen LogP contribution in [0.25, 0.3) is 22.2 Å². The molecule has 3 aromatic rings. The first-order valence-electron chi connectivity index (χ1n) is 9.81. The predicted octanol–water partition coefficient (Wildman–Crippen LogP) is 5.49. The third kappa shape index (κ3) is 2.44. The Hall–Kier alpha value is -2.32. The fraction of sp³-hybridized carbons (Fsp3) is 0.333.